The molecular formula is C16H25N5O5. The summed E-state index contributed by atoms with van der Waals surface area (Å²) < 4.78 is 12.7. The Morgan fingerprint density at radius 3 is 2.62 bits per heavy atom. The highest BCUT2D eigenvalue weighted by molar-refractivity contribution is 5.82. The third-order valence-electron chi connectivity index (χ3n) is 4.82. The van der Waals surface area contributed by atoms with Crippen molar-refractivity contribution in [2.75, 3.05) is 18.9 Å². The summed E-state index contributed by atoms with van der Waals surface area (Å²) in [5.41, 5.74) is 6.63. The van der Waals surface area contributed by atoms with E-state index < -0.39 is 31.1 Å². The largest absolute Gasteiger partial charge is 0.463 e. The zero-order valence-electron chi connectivity index (χ0n) is 14.8. The lowest BCUT2D eigenvalue weighted by Gasteiger charge is -2.17. The fourth-order valence-corrected chi connectivity index (χ4v) is 2.99. The van der Waals surface area contributed by atoms with Gasteiger partial charge in [-0.25, -0.2) is 4.98 Å². The summed E-state index contributed by atoms with van der Waals surface area (Å²) in [6.45, 7) is 4.24. The Bertz CT molecular complexity index is 750. The van der Waals surface area contributed by atoms with E-state index in [1.54, 1.807) is 0 Å². The van der Waals surface area contributed by atoms with Crippen molar-refractivity contribution in [3.8, 4) is 6.01 Å². The van der Waals surface area contributed by atoms with E-state index in [1.807, 2.05) is 0 Å². The fourth-order valence-electron chi connectivity index (χ4n) is 2.99. The first kappa shape index (κ1) is 18.8. The number of nitrogens with zero attached hydrogens (tertiary/aromatic N) is 4. The molecular weight excluding hydrogens is 342 g/mol. The molecule has 0 amide bonds. The summed E-state index contributed by atoms with van der Waals surface area (Å²) >= 11 is 0. The smallest absolute Gasteiger partial charge is 0.320 e. The van der Waals surface area contributed by atoms with Crippen LogP contribution in [-0.4, -0.2) is 66.4 Å². The lowest BCUT2D eigenvalue weighted by Crippen LogP contribution is -2.33. The highest BCUT2D eigenvalue weighted by atomic mass is 16.6. The number of hydrogen-bond acceptors (Lipinski definition) is 9. The molecule has 3 heterocycles. The Labute approximate surface area is 150 Å². The number of aliphatic hydroxyl groups excluding tert-OH is 3. The molecule has 144 valence electrons. The Morgan fingerprint density at radius 2 is 2.00 bits per heavy atom. The van der Waals surface area contributed by atoms with Crippen molar-refractivity contribution < 1.29 is 24.8 Å². The van der Waals surface area contributed by atoms with Crippen molar-refractivity contribution in [1.82, 2.24) is 19.5 Å². The van der Waals surface area contributed by atoms with E-state index >= 15 is 0 Å². The highest BCUT2D eigenvalue weighted by Gasteiger charge is 2.44. The summed E-state index contributed by atoms with van der Waals surface area (Å²) in [6, 6.07) is 0.121. The summed E-state index contributed by atoms with van der Waals surface area (Å²) in [4.78, 5) is 12.6. The molecule has 5 N–H and O–H groups in total. The second kappa shape index (κ2) is 7.70. The molecule has 3 rings (SSSR count). The van der Waals surface area contributed by atoms with Crippen molar-refractivity contribution >= 4 is 17.0 Å². The van der Waals surface area contributed by atoms with Gasteiger partial charge < -0.3 is 30.5 Å². The number of hydrogen-bond donors (Lipinski definition) is 4. The third kappa shape index (κ3) is 3.32. The van der Waals surface area contributed by atoms with Gasteiger partial charge >= 0.3 is 6.01 Å². The van der Waals surface area contributed by atoms with Gasteiger partial charge in [0.05, 0.1) is 19.5 Å². The van der Waals surface area contributed by atoms with Crippen molar-refractivity contribution in [3.05, 3.63) is 6.33 Å². The third-order valence-corrected chi connectivity index (χ3v) is 4.82. The van der Waals surface area contributed by atoms with Crippen LogP contribution in [0.5, 0.6) is 6.01 Å². The van der Waals surface area contributed by atoms with Crippen molar-refractivity contribution in [1.29, 1.82) is 0 Å². The van der Waals surface area contributed by atoms with Gasteiger partial charge in [-0.05, 0) is 5.92 Å². The molecule has 2 aromatic heterocycles. The predicted octanol–water partition coefficient (Wildman–Crippen LogP) is -0.165. The van der Waals surface area contributed by atoms with Crippen LogP contribution in [0, 0.1) is 5.92 Å². The molecule has 0 radical (unpaired) electrons. The Balaban J connectivity index is 1.90. The first-order chi connectivity index (χ1) is 12.5. The van der Waals surface area contributed by atoms with Gasteiger partial charge in [0.25, 0.3) is 0 Å². The second-order valence-electron chi connectivity index (χ2n) is 6.44. The average molecular weight is 367 g/mol. The molecule has 0 bridgehead atoms. The molecule has 0 aromatic carbocycles. The fraction of sp³-hybridized carbons (Fsp3) is 0.688. The van der Waals surface area contributed by atoms with Crippen LogP contribution < -0.4 is 10.5 Å². The van der Waals surface area contributed by atoms with Gasteiger partial charge in [0.1, 0.15) is 18.3 Å². The van der Waals surface area contributed by atoms with Crippen LogP contribution in [0.15, 0.2) is 6.33 Å². The van der Waals surface area contributed by atoms with Crippen LogP contribution >= 0.6 is 0 Å². The van der Waals surface area contributed by atoms with Crippen LogP contribution in [0.2, 0.25) is 0 Å². The molecule has 0 spiro atoms. The zero-order valence-corrected chi connectivity index (χ0v) is 14.8. The number of nitrogens with two attached hydrogens (primary N) is 1. The number of nitrogen functional groups attached to an aromatic ring is 1. The van der Waals surface area contributed by atoms with Crippen LogP contribution in [0.25, 0.3) is 11.2 Å². The highest BCUT2D eigenvalue weighted by Crippen LogP contribution is 2.32. The van der Waals surface area contributed by atoms with Gasteiger partial charge in [0, 0.05) is 0 Å². The van der Waals surface area contributed by atoms with Crippen LogP contribution in [0.3, 0.4) is 0 Å². The second-order valence-corrected chi connectivity index (χ2v) is 6.44. The zero-order chi connectivity index (χ0) is 18.8. The van der Waals surface area contributed by atoms with E-state index in [4.69, 9.17) is 15.2 Å². The molecule has 2 aromatic rings. The maximum Gasteiger partial charge on any atom is 0.320 e. The number of aromatic nitrogens is 4. The van der Waals surface area contributed by atoms with Crippen molar-refractivity contribution in [3.63, 3.8) is 0 Å². The van der Waals surface area contributed by atoms with Crippen molar-refractivity contribution in [2.24, 2.45) is 5.92 Å². The Kier molecular flexibility index (Phi) is 5.56. The summed E-state index contributed by atoms with van der Waals surface area (Å²) in [7, 11) is 0. The SMILES string of the molecule is CCC(CC)COc1nc(N)c2ncn(C3O[C@H](CO)[C@@H](O)[C@H]3O)c2n1. The Hall–Kier alpha value is -2.01. The van der Waals surface area contributed by atoms with Crippen LogP contribution in [0.1, 0.15) is 32.9 Å². The van der Waals surface area contributed by atoms with E-state index in [9.17, 15) is 15.3 Å². The van der Waals surface area contributed by atoms with E-state index in [2.05, 4.69) is 28.8 Å². The number of aliphatic hydroxyl groups is 3. The van der Waals surface area contributed by atoms with Gasteiger partial charge in [-0.3, -0.25) is 4.57 Å². The predicted molar refractivity (Wildman–Crippen MR) is 92.3 cm³/mol. The Morgan fingerprint density at radius 1 is 1.27 bits per heavy atom. The standard InChI is InChI=1S/C16H25N5O5/c1-3-8(4-2)6-25-16-19-13(17)10-14(20-16)21(7-18-10)15-12(24)11(23)9(5-22)26-15/h7-9,11-12,15,22-24H,3-6H2,1-2H3,(H2,17,19,20)/t9-,11-,12-,15?/m1/s1. The topological polar surface area (TPSA) is 149 Å². The molecule has 1 aliphatic rings. The van der Waals surface area contributed by atoms with E-state index in [1.165, 1.54) is 10.9 Å². The molecule has 10 heteroatoms. The van der Waals surface area contributed by atoms with Gasteiger partial charge in [-0.1, -0.05) is 26.7 Å². The first-order valence-corrected chi connectivity index (χ1v) is 8.75. The van der Waals surface area contributed by atoms with E-state index in [0.29, 0.717) is 23.7 Å². The van der Waals surface area contributed by atoms with Gasteiger partial charge in [0.15, 0.2) is 23.2 Å². The number of anilines is 1. The van der Waals surface area contributed by atoms with Gasteiger partial charge in [-0.15, -0.1) is 0 Å². The molecule has 4 atom stereocenters. The van der Waals surface area contributed by atoms with Crippen LogP contribution in [0.4, 0.5) is 5.82 Å². The molecule has 1 saturated heterocycles. The molecule has 1 fully saturated rings. The molecule has 0 saturated carbocycles. The monoisotopic (exact) mass is 367 g/mol. The van der Waals surface area contributed by atoms with Crippen LogP contribution in [-0.2, 0) is 4.74 Å². The number of imidazole rings is 1. The average Bonchev–Trinajstić information content (AvgIpc) is 3.18. The molecule has 26 heavy (non-hydrogen) atoms. The normalized spacial score (nSPS) is 26.1. The molecule has 1 unspecified atom stereocenters. The molecule has 0 aliphatic carbocycles. The van der Waals surface area contributed by atoms with Gasteiger partial charge in [-0.2, -0.15) is 9.97 Å². The van der Waals surface area contributed by atoms with E-state index in [-0.39, 0.29) is 11.8 Å². The lowest BCUT2D eigenvalue weighted by molar-refractivity contribution is -0.0511. The summed E-state index contributed by atoms with van der Waals surface area (Å²) in [5, 5.41) is 29.4. The minimum Gasteiger partial charge on any atom is -0.463 e. The number of fused-ring (bicyclic) bond motifs is 1. The minimum absolute atomic E-state index is 0.121. The summed E-state index contributed by atoms with van der Waals surface area (Å²) in [5.74, 6) is 0.543. The van der Waals surface area contributed by atoms with E-state index in [0.717, 1.165) is 12.8 Å². The number of ether oxygens (including phenoxy) is 2. The quantitative estimate of drug-likeness (QED) is 0.523. The number of rotatable bonds is 7. The minimum atomic E-state index is -1.24. The lowest BCUT2D eigenvalue weighted by atomic mass is 10.1. The molecule has 10 nitrogen and oxygen atoms in total. The maximum atomic E-state index is 10.2. The first-order valence-electron chi connectivity index (χ1n) is 8.75. The molecule has 1 aliphatic heterocycles. The van der Waals surface area contributed by atoms with Gasteiger partial charge in [0.2, 0.25) is 0 Å². The maximum absolute atomic E-state index is 10.2. The van der Waals surface area contributed by atoms with Crippen molar-refractivity contribution in [2.45, 2.75) is 51.2 Å². The summed E-state index contributed by atoms with van der Waals surface area (Å²) in [6.07, 6.45) is -0.933.